The maximum Gasteiger partial charge on any atom is 0.407 e. The van der Waals surface area contributed by atoms with E-state index in [1.807, 2.05) is 78.2 Å². The Kier molecular flexibility index (Phi) is 14.4. The van der Waals surface area contributed by atoms with E-state index in [-0.39, 0.29) is 37.2 Å². The minimum atomic E-state index is -0.842. The number of carbonyl (C=O) groups is 4. The van der Waals surface area contributed by atoms with Crippen LogP contribution < -0.4 is 16.0 Å². The zero-order valence-electron chi connectivity index (χ0n) is 29.7. The van der Waals surface area contributed by atoms with E-state index in [2.05, 4.69) is 20.9 Å². The molecule has 3 rings (SSSR count). The van der Waals surface area contributed by atoms with Gasteiger partial charge in [-0.1, -0.05) is 70.7 Å². The van der Waals surface area contributed by atoms with Crippen molar-refractivity contribution in [3.63, 3.8) is 0 Å². The summed E-state index contributed by atoms with van der Waals surface area (Å²) >= 11 is 1.58. The lowest BCUT2D eigenvalue weighted by molar-refractivity contribution is -0.144. The minimum absolute atomic E-state index is 0.0373. The number of nitrogens with one attached hydrogen (secondary N) is 3. The molecule has 0 spiro atoms. The topological polar surface area (TPSA) is 150 Å². The van der Waals surface area contributed by atoms with Crippen LogP contribution in [-0.2, 0) is 25.7 Å². The van der Waals surface area contributed by atoms with Crippen molar-refractivity contribution in [2.75, 3.05) is 13.1 Å². The molecule has 2 heterocycles. The number of nitrogens with zero attached hydrogens (tertiary/aromatic N) is 2. The van der Waals surface area contributed by atoms with Gasteiger partial charge in [-0.2, -0.15) is 0 Å². The molecule has 266 valence electrons. The highest BCUT2D eigenvalue weighted by atomic mass is 32.1. The lowest BCUT2D eigenvalue weighted by Crippen LogP contribution is -2.57. The number of aromatic nitrogens is 1. The van der Waals surface area contributed by atoms with Crippen LogP contribution >= 0.6 is 11.3 Å². The lowest BCUT2D eigenvalue weighted by atomic mass is 9.85. The molecule has 4 N–H and O–H groups in total. The summed E-state index contributed by atoms with van der Waals surface area (Å²) in [6, 6.07) is 6.25. The van der Waals surface area contributed by atoms with E-state index in [4.69, 9.17) is 4.74 Å². The normalized spacial score (nSPS) is 17.1. The third-order valence-electron chi connectivity index (χ3n) is 8.21. The molecule has 1 fully saturated rings. The first-order valence-electron chi connectivity index (χ1n) is 17.1. The first-order valence-corrected chi connectivity index (χ1v) is 17.9. The molecular weight excluding hydrogens is 630 g/mol. The highest BCUT2D eigenvalue weighted by Crippen LogP contribution is 2.28. The second-order valence-electron chi connectivity index (χ2n) is 14.7. The predicted molar refractivity (Wildman–Crippen MR) is 188 cm³/mol. The van der Waals surface area contributed by atoms with Crippen LogP contribution in [0.5, 0.6) is 0 Å². The number of alkyl carbamates (subject to hydrolysis) is 1. The molecule has 1 aliphatic rings. The van der Waals surface area contributed by atoms with Crippen molar-refractivity contribution in [2.24, 2.45) is 5.41 Å². The number of aliphatic hydroxyl groups is 1. The molecule has 0 bridgehead atoms. The Bertz CT molecular complexity index is 1360. The Balaban J connectivity index is 1.44. The average molecular weight is 686 g/mol. The Hall–Kier alpha value is -3.51. The SMILES string of the molecule is Cc1ncsc1-c1ccc(CNC(=O)C2CC(O)CN2C(=O)C(NC(=O)CCCCCCCCNC(=O)OC(C)(C)C)C(C)(C)C)cc1. The Morgan fingerprint density at radius 2 is 1.62 bits per heavy atom. The first kappa shape index (κ1) is 38.9. The molecule has 4 amide bonds. The number of hydrogen-bond acceptors (Lipinski definition) is 8. The quantitative estimate of drug-likeness (QED) is 0.181. The molecule has 11 nitrogen and oxygen atoms in total. The van der Waals surface area contributed by atoms with Crippen LogP contribution in [0, 0.1) is 12.3 Å². The first-order chi connectivity index (χ1) is 22.5. The van der Waals surface area contributed by atoms with E-state index in [1.165, 1.54) is 4.90 Å². The van der Waals surface area contributed by atoms with E-state index >= 15 is 0 Å². The largest absolute Gasteiger partial charge is 0.444 e. The van der Waals surface area contributed by atoms with Crippen LogP contribution in [0.2, 0.25) is 0 Å². The number of carbonyl (C=O) groups excluding carboxylic acids is 4. The van der Waals surface area contributed by atoms with Gasteiger partial charge in [0.25, 0.3) is 0 Å². The van der Waals surface area contributed by atoms with Gasteiger partial charge in [-0.3, -0.25) is 14.4 Å². The molecule has 2 aromatic rings. The fourth-order valence-electron chi connectivity index (χ4n) is 5.64. The maximum absolute atomic E-state index is 13.8. The molecule has 3 unspecified atom stereocenters. The van der Waals surface area contributed by atoms with Crippen molar-refractivity contribution in [3.8, 4) is 10.4 Å². The van der Waals surface area contributed by atoms with Crippen molar-refractivity contribution in [2.45, 2.75) is 130 Å². The predicted octanol–water partition coefficient (Wildman–Crippen LogP) is 5.48. The Morgan fingerprint density at radius 3 is 2.23 bits per heavy atom. The molecule has 1 saturated heterocycles. The standard InChI is InChI=1S/C36H55N5O6S/c1-24-30(48-23-39-24)26-17-15-25(16-18-26)21-38-32(44)28-20-27(42)22-41(28)33(45)31(35(2,3)4)40-29(43)14-12-10-8-9-11-13-19-37-34(46)47-36(5,6)7/h15-18,23,27-28,31,42H,8-14,19-22H2,1-7H3,(H,37,46)(H,38,44)(H,40,43). The van der Waals surface area contributed by atoms with Gasteiger partial charge in [0, 0.05) is 32.5 Å². The number of aryl methyl sites for hydroxylation is 1. The van der Waals surface area contributed by atoms with Gasteiger partial charge < -0.3 is 30.7 Å². The fourth-order valence-corrected chi connectivity index (χ4v) is 6.45. The number of thiazole rings is 1. The second kappa shape index (κ2) is 17.8. The summed E-state index contributed by atoms with van der Waals surface area (Å²) in [6.45, 7) is 14.0. The van der Waals surface area contributed by atoms with Gasteiger partial charge >= 0.3 is 6.09 Å². The van der Waals surface area contributed by atoms with Crippen LogP contribution in [0.25, 0.3) is 10.4 Å². The van der Waals surface area contributed by atoms with Crippen molar-refractivity contribution >= 4 is 35.2 Å². The summed E-state index contributed by atoms with van der Waals surface area (Å²) < 4.78 is 5.23. The highest BCUT2D eigenvalue weighted by molar-refractivity contribution is 7.13. The minimum Gasteiger partial charge on any atom is -0.444 e. The van der Waals surface area contributed by atoms with Gasteiger partial charge in [0.1, 0.15) is 17.7 Å². The van der Waals surface area contributed by atoms with Crippen LogP contribution in [0.15, 0.2) is 29.8 Å². The zero-order valence-corrected chi connectivity index (χ0v) is 30.5. The number of amides is 4. The highest BCUT2D eigenvalue weighted by Gasteiger charge is 2.44. The fraction of sp³-hybridized carbons (Fsp3) is 0.639. The number of ether oxygens (including phenoxy) is 1. The van der Waals surface area contributed by atoms with Crippen LogP contribution in [-0.4, -0.2) is 75.7 Å². The third-order valence-corrected chi connectivity index (χ3v) is 9.19. The lowest BCUT2D eigenvalue weighted by Gasteiger charge is -2.35. The van der Waals surface area contributed by atoms with Gasteiger partial charge in [-0.15, -0.1) is 11.3 Å². The maximum atomic E-state index is 13.8. The molecule has 0 saturated carbocycles. The van der Waals surface area contributed by atoms with Crippen molar-refractivity contribution in [1.82, 2.24) is 25.8 Å². The Morgan fingerprint density at radius 1 is 0.979 bits per heavy atom. The molecular formula is C36H55N5O6S. The molecule has 48 heavy (non-hydrogen) atoms. The number of unbranched alkanes of at least 4 members (excludes halogenated alkanes) is 5. The van der Waals surface area contributed by atoms with Crippen LogP contribution in [0.3, 0.4) is 0 Å². The van der Waals surface area contributed by atoms with Gasteiger partial charge in [0.05, 0.1) is 22.2 Å². The molecule has 1 aromatic carbocycles. The van der Waals surface area contributed by atoms with Gasteiger partial charge in [-0.25, -0.2) is 9.78 Å². The number of benzene rings is 1. The summed E-state index contributed by atoms with van der Waals surface area (Å²) in [4.78, 5) is 58.6. The number of aliphatic hydroxyl groups excluding tert-OH is 1. The summed E-state index contributed by atoms with van der Waals surface area (Å²) in [7, 11) is 0. The van der Waals surface area contributed by atoms with Crippen LogP contribution in [0.4, 0.5) is 4.79 Å². The zero-order chi connectivity index (χ0) is 35.5. The van der Waals surface area contributed by atoms with E-state index in [1.54, 1.807) is 11.3 Å². The second-order valence-corrected chi connectivity index (χ2v) is 15.6. The van der Waals surface area contributed by atoms with E-state index in [0.29, 0.717) is 19.4 Å². The molecule has 3 atom stereocenters. The number of likely N-dealkylation sites (tertiary alicyclic amines) is 1. The summed E-state index contributed by atoms with van der Waals surface area (Å²) in [5, 5.41) is 19.1. The summed E-state index contributed by atoms with van der Waals surface area (Å²) in [5.41, 5.74) is 3.67. The number of hydrogen-bond donors (Lipinski definition) is 4. The number of β-amino-alcohol motifs (C(OH)–C–C–N with tert-alkyl or cyclic N) is 1. The molecule has 0 aliphatic carbocycles. The molecule has 0 radical (unpaired) electrons. The van der Waals surface area contributed by atoms with E-state index in [0.717, 1.165) is 53.8 Å². The van der Waals surface area contributed by atoms with Crippen LogP contribution in [0.1, 0.15) is 104 Å². The monoisotopic (exact) mass is 685 g/mol. The van der Waals surface area contributed by atoms with E-state index in [9.17, 15) is 24.3 Å². The van der Waals surface area contributed by atoms with Gasteiger partial charge in [-0.05, 0) is 57.1 Å². The van der Waals surface area contributed by atoms with Crippen molar-refractivity contribution < 1.29 is 29.0 Å². The number of rotatable bonds is 15. The summed E-state index contributed by atoms with van der Waals surface area (Å²) in [5.74, 6) is -0.902. The van der Waals surface area contributed by atoms with E-state index < -0.39 is 35.3 Å². The van der Waals surface area contributed by atoms with Gasteiger partial charge in [0.15, 0.2) is 0 Å². The van der Waals surface area contributed by atoms with Crippen molar-refractivity contribution in [3.05, 3.63) is 41.0 Å². The Labute approximate surface area is 289 Å². The van der Waals surface area contributed by atoms with Crippen molar-refractivity contribution in [1.29, 1.82) is 0 Å². The third kappa shape index (κ3) is 12.5. The smallest absolute Gasteiger partial charge is 0.407 e. The molecule has 12 heteroatoms. The average Bonchev–Trinajstić information content (AvgIpc) is 3.61. The molecule has 1 aromatic heterocycles. The summed E-state index contributed by atoms with van der Waals surface area (Å²) in [6.07, 6.45) is 4.60. The van der Waals surface area contributed by atoms with Gasteiger partial charge in [0.2, 0.25) is 17.7 Å². The molecule has 1 aliphatic heterocycles.